The van der Waals surface area contributed by atoms with E-state index < -0.39 is 5.41 Å². The lowest BCUT2D eigenvalue weighted by Crippen LogP contribution is -2.26. The summed E-state index contributed by atoms with van der Waals surface area (Å²) in [6.07, 6.45) is 0. The fourth-order valence-electron chi connectivity index (χ4n) is 8.89. The highest BCUT2D eigenvalue weighted by Crippen LogP contribution is 2.64. The molecular formula is C47H33N. The van der Waals surface area contributed by atoms with Crippen molar-refractivity contribution < 1.29 is 0 Å². The van der Waals surface area contributed by atoms with Gasteiger partial charge in [0.15, 0.2) is 0 Å². The van der Waals surface area contributed by atoms with Gasteiger partial charge in [0.1, 0.15) is 0 Å². The molecule has 48 heavy (non-hydrogen) atoms. The Labute approximate surface area is 281 Å². The number of nitrogens with zero attached hydrogens (tertiary/aromatic N) is 1. The highest BCUT2D eigenvalue weighted by molar-refractivity contribution is 6.07. The van der Waals surface area contributed by atoms with Crippen LogP contribution in [0.25, 0.3) is 43.8 Å². The van der Waals surface area contributed by atoms with Gasteiger partial charge < -0.3 is 4.90 Å². The Morgan fingerprint density at radius 1 is 0.375 bits per heavy atom. The lowest BCUT2D eigenvalue weighted by Gasteiger charge is -2.32. The first kappa shape index (κ1) is 27.2. The van der Waals surface area contributed by atoms with Gasteiger partial charge in [0.2, 0.25) is 0 Å². The zero-order valence-electron chi connectivity index (χ0n) is 27.0. The molecule has 0 heterocycles. The SMILES string of the molecule is Cc1cc(C)cc(N(c2ccccc2)c2ccc3c4c(ccc3c2)-c2cc3ccccc3cc2C42c3ccccc3-c3ccccc32)c1. The molecule has 1 spiro atoms. The molecule has 2 aliphatic rings. The number of hydrogen-bond acceptors (Lipinski definition) is 1. The maximum atomic E-state index is 2.47. The number of hydrogen-bond donors (Lipinski definition) is 0. The van der Waals surface area contributed by atoms with Gasteiger partial charge in [0.05, 0.1) is 5.41 Å². The van der Waals surface area contributed by atoms with Gasteiger partial charge in [0, 0.05) is 17.1 Å². The van der Waals surface area contributed by atoms with E-state index in [1.807, 2.05) is 0 Å². The molecule has 1 heteroatoms. The topological polar surface area (TPSA) is 3.24 Å². The number of rotatable bonds is 3. The van der Waals surface area contributed by atoms with Crippen molar-refractivity contribution in [3.63, 3.8) is 0 Å². The van der Waals surface area contributed by atoms with Crippen molar-refractivity contribution in [2.24, 2.45) is 0 Å². The van der Waals surface area contributed by atoms with Gasteiger partial charge in [-0.15, -0.1) is 0 Å². The molecule has 8 aromatic rings. The van der Waals surface area contributed by atoms with Crippen LogP contribution in [0.4, 0.5) is 17.1 Å². The number of fused-ring (bicyclic) bond motifs is 13. The fraction of sp³-hybridized carbons (Fsp3) is 0.0638. The van der Waals surface area contributed by atoms with E-state index in [1.54, 1.807) is 0 Å². The van der Waals surface area contributed by atoms with Crippen molar-refractivity contribution in [1.82, 2.24) is 0 Å². The smallest absolute Gasteiger partial charge is 0.0731 e. The molecular weight excluding hydrogens is 579 g/mol. The molecule has 2 aliphatic carbocycles. The zero-order valence-corrected chi connectivity index (χ0v) is 27.0. The molecule has 226 valence electrons. The Hall–Kier alpha value is -5.92. The van der Waals surface area contributed by atoms with E-state index in [2.05, 4.69) is 183 Å². The first-order valence-corrected chi connectivity index (χ1v) is 16.8. The molecule has 1 nitrogen and oxygen atoms in total. The lowest BCUT2D eigenvalue weighted by atomic mass is 9.69. The molecule has 0 fully saturated rings. The van der Waals surface area contributed by atoms with Gasteiger partial charge >= 0.3 is 0 Å². The Morgan fingerprint density at radius 2 is 1.00 bits per heavy atom. The van der Waals surface area contributed by atoms with Crippen LogP contribution in [0.5, 0.6) is 0 Å². The van der Waals surface area contributed by atoms with Gasteiger partial charge in [-0.25, -0.2) is 0 Å². The average molecular weight is 612 g/mol. The maximum absolute atomic E-state index is 2.47. The monoisotopic (exact) mass is 611 g/mol. The Balaban J connectivity index is 1.29. The predicted octanol–water partition coefficient (Wildman–Crippen LogP) is 12.4. The minimum Gasteiger partial charge on any atom is -0.310 e. The lowest BCUT2D eigenvalue weighted by molar-refractivity contribution is 0.802. The number of aryl methyl sites for hydroxylation is 2. The molecule has 0 aromatic heterocycles. The fourth-order valence-corrected chi connectivity index (χ4v) is 8.89. The molecule has 0 saturated heterocycles. The van der Waals surface area contributed by atoms with Crippen molar-refractivity contribution in [2.75, 3.05) is 4.90 Å². The first-order chi connectivity index (χ1) is 23.6. The predicted molar refractivity (Wildman–Crippen MR) is 202 cm³/mol. The Morgan fingerprint density at radius 3 is 1.71 bits per heavy atom. The van der Waals surface area contributed by atoms with Crippen LogP contribution in [0, 0.1) is 13.8 Å². The van der Waals surface area contributed by atoms with E-state index in [0.717, 1.165) is 11.4 Å². The number of anilines is 3. The van der Waals surface area contributed by atoms with Crippen LogP contribution < -0.4 is 4.90 Å². The third-order valence-corrected chi connectivity index (χ3v) is 10.6. The second-order valence-electron chi connectivity index (χ2n) is 13.5. The minimum absolute atomic E-state index is 0.407. The van der Waals surface area contributed by atoms with Crippen LogP contribution in [0.15, 0.2) is 164 Å². The van der Waals surface area contributed by atoms with Gasteiger partial charge in [-0.1, -0.05) is 115 Å². The third kappa shape index (κ3) is 3.67. The summed E-state index contributed by atoms with van der Waals surface area (Å²) in [5, 5.41) is 5.11. The zero-order chi connectivity index (χ0) is 32.0. The van der Waals surface area contributed by atoms with Crippen LogP contribution in [-0.2, 0) is 5.41 Å². The van der Waals surface area contributed by atoms with Crippen LogP contribution in [0.3, 0.4) is 0 Å². The summed E-state index contributed by atoms with van der Waals surface area (Å²) in [4.78, 5) is 2.39. The molecule has 0 aliphatic heterocycles. The van der Waals surface area contributed by atoms with Gasteiger partial charge in [-0.2, -0.15) is 0 Å². The summed E-state index contributed by atoms with van der Waals surface area (Å²) in [6.45, 7) is 4.36. The van der Waals surface area contributed by atoms with Crippen molar-refractivity contribution in [2.45, 2.75) is 19.3 Å². The molecule has 0 radical (unpaired) electrons. The number of para-hydroxylation sites is 1. The highest BCUT2D eigenvalue weighted by Gasteiger charge is 2.52. The van der Waals surface area contributed by atoms with Gasteiger partial charge in [-0.3, -0.25) is 0 Å². The summed E-state index contributed by atoms with van der Waals surface area (Å²) >= 11 is 0. The summed E-state index contributed by atoms with van der Waals surface area (Å²) in [6, 6.07) is 61.3. The highest BCUT2D eigenvalue weighted by atomic mass is 15.1. The summed E-state index contributed by atoms with van der Waals surface area (Å²) < 4.78 is 0. The van der Waals surface area contributed by atoms with Crippen molar-refractivity contribution in [1.29, 1.82) is 0 Å². The van der Waals surface area contributed by atoms with Crippen LogP contribution in [0.1, 0.15) is 33.4 Å². The molecule has 0 saturated carbocycles. The largest absolute Gasteiger partial charge is 0.310 e. The molecule has 0 atom stereocenters. The van der Waals surface area contributed by atoms with E-state index in [-0.39, 0.29) is 0 Å². The molecule has 0 bridgehead atoms. The number of benzene rings is 8. The molecule has 10 rings (SSSR count). The van der Waals surface area contributed by atoms with Crippen LogP contribution in [-0.4, -0.2) is 0 Å². The summed E-state index contributed by atoms with van der Waals surface area (Å²) in [5.41, 5.74) is 16.4. The maximum Gasteiger partial charge on any atom is 0.0731 e. The average Bonchev–Trinajstić information content (AvgIpc) is 3.57. The summed E-state index contributed by atoms with van der Waals surface area (Å²) in [7, 11) is 0. The standard InChI is InChI=1S/C47H33N/c1-30-24-31(2)26-37(25-30)48(35-14-4-3-5-15-35)36-21-23-38-34(27-36)20-22-41-42-28-32-12-6-7-13-33(32)29-45(42)47(46(38)41)43-18-10-8-16-39(43)40-17-9-11-19-44(40)47/h3-29H,1-2H3. The van der Waals surface area contributed by atoms with E-state index in [1.165, 1.54) is 82.9 Å². The molecule has 8 aromatic carbocycles. The third-order valence-electron chi connectivity index (χ3n) is 10.6. The molecule has 0 unspecified atom stereocenters. The van der Waals surface area contributed by atoms with Gasteiger partial charge in [-0.05, 0) is 140 Å². The first-order valence-electron chi connectivity index (χ1n) is 16.8. The van der Waals surface area contributed by atoms with E-state index in [4.69, 9.17) is 0 Å². The Kier molecular flexibility index (Phi) is 5.69. The van der Waals surface area contributed by atoms with Crippen molar-refractivity contribution in [3.05, 3.63) is 197 Å². The molecule has 0 amide bonds. The minimum atomic E-state index is -0.407. The quantitative estimate of drug-likeness (QED) is 0.192. The van der Waals surface area contributed by atoms with Crippen LogP contribution >= 0.6 is 0 Å². The summed E-state index contributed by atoms with van der Waals surface area (Å²) in [5.74, 6) is 0. The van der Waals surface area contributed by atoms with Crippen molar-refractivity contribution in [3.8, 4) is 22.3 Å². The second-order valence-corrected chi connectivity index (χ2v) is 13.5. The Bertz CT molecular complexity index is 2530. The normalized spacial score (nSPS) is 13.4. The van der Waals surface area contributed by atoms with E-state index >= 15 is 0 Å². The van der Waals surface area contributed by atoms with E-state index in [9.17, 15) is 0 Å². The van der Waals surface area contributed by atoms with E-state index in [0.29, 0.717) is 0 Å². The van der Waals surface area contributed by atoms with Crippen LogP contribution in [0.2, 0.25) is 0 Å². The van der Waals surface area contributed by atoms with Gasteiger partial charge in [0.25, 0.3) is 0 Å². The second kappa shape index (κ2) is 10.0. The van der Waals surface area contributed by atoms with Crippen molar-refractivity contribution >= 4 is 38.6 Å². The molecule has 0 N–H and O–H groups in total.